The number of aliphatic hydroxyl groups excluding tert-OH is 1. The first kappa shape index (κ1) is 17.0. The van der Waals surface area contributed by atoms with Crippen LogP contribution in [0.5, 0.6) is 0 Å². The van der Waals surface area contributed by atoms with E-state index >= 15 is 0 Å². The highest BCUT2D eigenvalue weighted by molar-refractivity contribution is 7.14. The number of nitrogens with zero attached hydrogens (tertiary/aromatic N) is 2. The third-order valence-corrected chi connectivity index (χ3v) is 5.02. The van der Waals surface area contributed by atoms with Crippen LogP contribution in [0.4, 0.5) is 9.52 Å². The molecule has 1 fully saturated rings. The Morgan fingerprint density at radius 3 is 2.92 bits per heavy atom. The highest BCUT2D eigenvalue weighted by Crippen LogP contribution is 2.25. The number of aliphatic hydroxyl groups is 1. The smallest absolute Gasteiger partial charge is 0.240 e. The van der Waals surface area contributed by atoms with Crippen molar-refractivity contribution in [2.24, 2.45) is 5.92 Å². The molecule has 1 aliphatic rings. The number of hydrogen-bond donors (Lipinski definition) is 2. The van der Waals surface area contributed by atoms with E-state index in [1.807, 2.05) is 17.2 Å². The highest BCUT2D eigenvalue weighted by atomic mass is 32.1. The number of thiazole rings is 1. The number of likely N-dealkylation sites (tertiary alicyclic amines) is 1. The zero-order chi connectivity index (χ0) is 17.1. The van der Waals surface area contributed by atoms with Gasteiger partial charge in [0.05, 0.1) is 18.3 Å². The molecule has 0 radical (unpaired) electrons. The first-order valence-corrected chi connectivity index (χ1v) is 8.81. The maximum atomic E-state index is 13.0. The number of hydrogen-bond acceptors (Lipinski definition) is 5. The number of nitrogens with one attached hydrogen (secondary N) is 1. The van der Waals surface area contributed by atoms with Gasteiger partial charge in [0.15, 0.2) is 5.13 Å². The number of carbonyl (C=O) groups is 1. The maximum Gasteiger partial charge on any atom is 0.240 e. The van der Waals surface area contributed by atoms with Crippen LogP contribution in [-0.4, -0.2) is 46.6 Å². The Balaban J connectivity index is 1.56. The zero-order valence-electron chi connectivity index (χ0n) is 13.4. The topological polar surface area (TPSA) is 65.5 Å². The van der Waals surface area contributed by atoms with Gasteiger partial charge >= 0.3 is 0 Å². The van der Waals surface area contributed by atoms with Crippen LogP contribution in [0, 0.1) is 11.7 Å². The number of halogens is 1. The predicted molar refractivity (Wildman–Crippen MR) is 92.4 cm³/mol. The standard InChI is InChI=1S/C17H20FN3O2S/c1-11-6-7-21(8-15(11)22)9-16(23)20-17-19-14(10-24-17)12-2-4-13(18)5-3-12/h2-5,10-11,15,22H,6-9H2,1H3,(H,19,20,23). The van der Waals surface area contributed by atoms with Crippen LogP contribution in [0.25, 0.3) is 11.3 Å². The molecule has 2 aromatic rings. The summed E-state index contributed by atoms with van der Waals surface area (Å²) in [4.78, 5) is 18.5. The molecule has 2 N–H and O–H groups in total. The van der Waals surface area contributed by atoms with Crippen molar-refractivity contribution >= 4 is 22.4 Å². The number of carbonyl (C=O) groups excluding carboxylic acids is 1. The molecule has 5 nitrogen and oxygen atoms in total. The van der Waals surface area contributed by atoms with E-state index in [4.69, 9.17) is 0 Å². The second-order valence-electron chi connectivity index (χ2n) is 6.16. The molecule has 1 aromatic heterocycles. The molecule has 1 aromatic carbocycles. The van der Waals surface area contributed by atoms with Gasteiger partial charge in [-0.1, -0.05) is 6.92 Å². The molecular formula is C17H20FN3O2S. The van der Waals surface area contributed by atoms with Crippen molar-refractivity contribution in [3.63, 3.8) is 0 Å². The second kappa shape index (κ2) is 7.38. The van der Waals surface area contributed by atoms with Gasteiger partial charge in [-0.25, -0.2) is 9.37 Å². The molecule has 0 bridgehead atoms. The number of piperidine rings is 1. The molecule has 0 spiro atoms. The summed E-state index contributed by atoms with van der Waals surface area (Å²) < 4.78 is 13.0. The average molecular weight is 349 g/mol. The van der Waals surface area contributed by atoms with Gasteiger partial charge in [0.25, 0.3) is 0 Å². The third kappa shape index (κ3) is 4.17. The van der Waals surface area contributed by atoms with E-state index in [-0.39, 0.29) is 30.3 Å². The minimum Gasteiger partial charge on any atom is -0.392 e. The number of benzene rings is 1. The first-order valence-electron chi connectivity index (χ1n) is 7.93. The molecule has 7 heteroatoms. The Labute approximate surface area is 144 Å². The molecule has 2 heterocycles. The van der Waals surface area contributed by atoms with Crippen molar-refractivity contribution < 1.29 is 14.3 Å². The van der Waals surface area contributed by atoms with Gasteiger partial charge in [-0.2, -0.15) is 0 Å². The molecule has 1 amide bonds. The zero-order valence-corrected chi connectivity index (χ0v) is 14.2. The molecule has 1 aliphatic heterocycles. The summed E-state index contributed by atoms with van der Waals surface area (Å²) in [5.74, 6) is -0.154. The molecule has 1 saturated heterocycles. The fraction of sp³-hybridized carbons (Fsp3) is 0.412. The third-order valence-electron chi connectivity index (χ3n) is 4.26. The number of rotatable bonds is 4. The fourth-order valence-electron chi connectivity index (χ4n) is 2.70. The van der Waals surface area contributed by atoms with Crippen molar-refractivity contribution in [2.75, 3.05) is 25.0 Å². The maximum absolute atomic E-state index is 13.0. The largest absolute Gasteiger partial charge is 0.392 e. The van der Waals surface area contributed by atoms with Gasteiger partial charge in [-0.05, 0) is 43.1 Å². The minimum atomic E-state index is -0.378. The summed E-state index contributed by atoms with van der Waals surface area (Å²) in [6, 6.07) is 6.09. The lowest BCUT2D eigenvalue weighted by Gasteiger charge is -2.33. The van der Waals surface area contributed by atoms with Gasteiger partial charge < -0.3 is 10.4 Å². The minimum absolute atomic E-state index is 0.142. The van der Waals surface area contributed by atoms with E-state index in [0.29, 0.717) is 17.4 Å². The van der Waals surface area contributed by atoms with E-state index in [1.54, 1.807) is 12.1 Å². The Hall–Kier alpha value is -1.83. The Morgan fingerprint density at radius 2 is 2.21 bits per heavy atom. The van der Waals surface area contributed by atoms with Crippen molar-refractivity contribution in [3.8, 4) is 11.3 Å². The van der Waals surface area contributed by atoms with Gasteiger partial charge in [-0.3, -0.25) is 9.69 Å². The SMILES string of the molecule is CC1CCN(CC(=O)Nc2nc(-c3ccc(F)cc3)cs2)CC1O. The Kier molecular flexibility index (Phi) is 5.23. The Bertz CT molecular complexity index is 704. The van der Waals surface area contributed by atoms with Gasteiger partial charge in [0.1, 0.15) is 5.82 Å². The van der Waals surface area contributed by atoms with Gasteiger partial charge in [-0.15, -0.1) is 11.3 Å². The summed E-state index contributed by atoms with van der Waals surface area (Å²) >= 11 is 1.34. The predicted octanol–water partition coefficient (Wildman–Crippen LogP) is 2.59. The van der Waals surface area contributed by atoms with Gasteiger partial charge in [0, 0.05) is 17.5 Å². The van der Waals surface area contributed by atoms with E-state index < -0.39 is 0 Å². The Morgan fingerprint density at radius 1 is 1.46 bits per heavy atom. The fourth-order valence-corrected chi connectivity index (χ4v) is 3.44. The van der Waals surface area contributed by atoms with Crippen molar-refractivity contribution in [1.82, 2.24) is 9.88 Å². The quantitative estimate of drug-likeness (QED) is 0.890. The number of amides is 1. The van der Waals surface area contributed by atoms with E-state index in [0.717, 1.165) is 18.5 Å². The second-order valence-corrected chi connectivity index (χ2v) is 7.02. The van der Waals surface area contributed by atoms with E-state index in [1.165, 1.54) is 23.5 Å². The summed E-state index contributed by atoms with van der Waals surface area (Å²) in [6.07, 6.45) is 0.511. The number of anilines is 1. The lowest BCUT2D eigenvalue weighted by molar-refractivity contribution is -0.118. The summed E-state index contributed by atoms with van der Waals surface area (Å²) in [5.41, 5.74) is 1.51. The molecule has 24 heavy (non-hydrogen) atoms. The van der Waals surface area contributed by atoms with Crippen molar-refractivity contribution in [2.45, 2.75) is 19.4 Å². The van der Waals surface area contributed by atoms with E-state index in [9.17, 15) is 14.3 Å². The van der Waals surface area contributed by atoms with Crippen LogP contribution < -0.4 is 5.32 Å². The van der Waals surface area contributed by atoms with Crippen LogP contribution in [0.15, 0.2) is 29.6 Å². The lowest BCUT2D eigenvalue weighted by atomic mass is 9.96. The molecule has 3 rings (SSSR count). The highest BCUT2D eigenvalue weighted by Gasteiger charge is 2.25. The molecule has 2 unspecified atom stereocenters. The number of β-amino-alcohol motifs (C(OH)–C–C–N with tert-alkyl or cyclic N) is 1. The van der Waals surface area contributed by atoms with Crippen LogP contribution in [0.1, 0.15) is 13.3 Å². The normalized spacial score (nSPS) is 21.6. The monoisotopic (exact) mass is 349 g/mol. The van der Waals surface area contributed by atoms with Crippen LogP contribution >= 0.6 is 11.3 Å². The van der Waals surface area contributed by atoms with Crippen molar-refractivity contribution in [3.05, 3.63) is 35.5 Å². The molecule has 0 saturated carbocycles. The molecule has 2 atom stereocenters. The summed E-state index contributed by atoms with van der Waals surface area (Å²) in [5, 5.41) is 15.0. The molecule has 128 valence electrons. The van der Waals surface area contributed by atoms with Crippen molar-refractivity contribution in [1.29, 1.82) is 0 Å². The molecular weight excluding hydrogens is 329 g/mol. The summed E-state index contributed by atoms with van der Waals surface area (Å²) in [6.45, 7) is 3.60. The average Bonchev–Trinajstić information content (AvgIpc) is 3.00. The van der Waals surface area contributed by atoms with Crippen LogP contribution in [0.2, 0.25) is 0 Å². The first-order chi connectivity index (χ1) is 11.5. The van der Waals surface area contributed by atoms with Crippen LogP contribution in [0.3, 0.4) is 0 Å². The van der Waals surface area contributed by atoms with E-state index in [2.05, 4.69) is 10.3 Å². The lowest BCUT2D eigenvalue weighted by Crippen LogP contribution is -2.45. The molecule has 0 aliphatic carbocycles. The van der Waals surface area contributed by atoms with Crippen LogP contribution in [-0.2, 0) is 4.79 Å². The number of aromatic nitrogens is 1. The van der Waals surface area contributed by atoms with Gasteiger partial charge in [0.2, 0.25) is 5.91 Å². The summed E-state index contributed by atoms with van der Waals surface area (Å²) in [7, 11) is 0.